The molecule has 0 unspecified atom stereocenters. The van der Waals surface area contributed by atoms with Crippen LogP contribution in [-0.2, 0) is 23.7 Å². The van der Waals surface area contributed by atoms with Gasteiger partial charge in [-0.15, -0.1) is 0 Å². The maximum Gasteiger partial charge on any atom is 0.330 e. The standard InChI is InChI=1S/C38H40O19/c1-51-22-9-15(10-23(52-2)29(22)43)3-8-26(42)53-13-25-31(45)34(48)36(50)38(57-25)54-14-24-30(44)33(47)35(49)37(56-24)28-19(41)12-21-27(32(28)46)18(40)11-20(55-21)16-4-6-17(39)7-5-16/h3-12,24-25,30-31,33-39,41,43-50H,13-14H2,1-2H3/b8-3+/t24-,25-,30-,31-,33+,34+,35-,36-,37+,38-/m1/s1. The van der Waals surface area contributed by atoms with Crippen LogP contribution in [0.15, 0.2) is 63.8 Å². The van der Waals surface area contributed by atoms with E-state index in [1.807, 2.05) is 0 Å². The summed E-state index contributed by atoms with van der Waals surface area (Å²) in [5.41, 5.74) is -0.770. The highest BCUT2D eigenvalue weighted by Gasteiger charge is 2.49. The largest absolute Gasteiger partial charge is 0.508 e. The predicted molar refractivity (Wildman–Crippen MR) is 192 cm³/mol. The van der Waals surface area contributed by atoms with E-state index in [1.165, 1.54) is 56.7 Å². The van der Waals surface area contributed by atoms with E-state index in [9.17, 15) is 60.7 Å². The number of hydrogen-bond donors (Lipinski definition) is 10. The molecule has 1 aromatic heterocycles. The van der Waals surface area contributed by atoms with E-state index in [0.29, 0.717) is 11.1 Å². The first kappa shape index (κ1) is 41.2. The van der Waals surface area contributed by atoms with Gasteiger partial charge in [0.2, 0.25) is 5.75 Å². The van der Waals surface area contributed by atoms with Crippen LogP contribution in [0.2, 0.25) is 0 Å². The molecule has 57 heavy (non-hydrogen) atoms. The summed E-state index contributed by atoms with van der Waals surface area (Å²) in [5.74, 6) is -2.59. The van der Waals surface area contributed by atoms with Gasteiger partial charge in [-0.25, -0.2) is 4.79 Å². The lowest BCUT2D eigenvalue weighted by atomic mass is 9.89. The van der Waals surface area contributed by atoms with Crippen LogP contribution >= 0.6 is 0 Å². The molecule has 2 fully saturated rings. The molecule has 10 N–H and O–H groups in total. The lowest BCUT2D eigenvalue weighted by molar-refractivity contribution is -0.315. The fraction of sp³-hybridized carbons (Fsp3) is 0.368. The van der Waals surface area contributed by atoms with Crippen molar-refractivity contribution in [1.82, 2.24) is 0 Å². The van der Waals surface area contributed by atoms with Gasteiger partial charge in [0, 0.05) is 23.8 Å². The van der Waals surface area contributed by atoms with Crippen molar-refractivity contribution in [3.8, 4) is 45.8 Å². The van der Waals surface area contributed by atoms with E-state index >= 15 is 0 Å². The number of hydrogen-bond acceptors (Lipinski definition) is 19. The number of aliphatic hydroxyl groups is 6. The van der Waals surface area contributed by atoms with Crippen LogP contribution in [0.1, 0.15) is 17.2 Å². The lowest BCUT2D eigenvalue weighted by Gasteiger charge is -2.43. The highest BCUT2D eigenvalue weighted by molar-refractivity contribution is 5.88. The van der Waals surface area contributed by atoms with Gasteiger partial charge >= 0.3 is 5.97 Å². The molecule has 0 spiro atoms. The molecule has 0 aliphatic carbocycles. The molecule has 0 amide bonds. The number of rotatable bonds is 11. The zero-order valence-corrected chi connectivity index (χ0v) is 30.1. The Morgan fingerprint density at radius 2 is 1.35 bits per heavy atom. The molecule has 4 aromatic rings. The number of carbonyl (C=O) groups excluding carboxylic acids is 1. The van der Waals surface area contributed by atoms with E-state index in [2.05, 4.69) is 0 Å². The third-order valence-corrected chi connectivity index (χ3v) is 9.56. The zero-order valence-electron chi connectivity index (χ0n) is 30.1. The number of fused-ring (bicyclic) bond motifs is 1. The number of phenols is 4. The number of aromatic hydroxyl groups is 4. The van der Waals surface area contributed by atoms with Crippen molar-refractivity contribution in [3.63, 3.8) is 0 Å². The van der Waals surface area contributed by atoms with Gasteiger partial charge in [0.05, 0.1) is 26.4 Å². The SMILES string of the molecule is COc1cc(/C=C/C(=O)OC[C@H]2O[C@@H](OC[C@H]3O[C@@H](c4c(O)cc5oc(-c6ccc(O)cc6)cc(=O)c5c4O)[C@H](O)[C@@H](O)[C@@H]3O)[C@H](O)[C@@H](O)[C@@H]2O)cc(OC)c1O. The van der Waals surface area contributed by atoms with E-state index in [4.69, 9.17) is 32.8 Å². The topological polar surface area (TPSA) is 305 Å². The number of esters is 1. The van der Waals surface area contributed by atoms with Crippen LogP contribution in [0.25, 0.3) is 28.4 Å². The third kappa shape index (κ3) is 8.33. The molecule has 3 aromatic carbocycles. The van der Waals surface area contributed by atoms with Crippen LogP contribution in [0.3, 0.4) is 0 Å². The van der Waals surface area contributed by atoms with E-state index < -0.39 is 108 Å². The molecule has 0 bridgehead atoms. The van der Waals surface area contributed by atoms with Crippen LogP contribution in [0.5, 0.6) is 34.5 Å². The van der Waals surface area contributed by atoms with Crippen molar-refractivity contribution in [2.75, 3.05) is 27.4 Å². The van der Waals surface area contributed by atoms with Gasteiger partial charge in [0.1, 0.15) is 95.5 Å². The number of benzene rings is 3. The zero-order chi connectivity index (χ0) is 41.3. The van der Waals surface area contributed by atoms with Gasteiger partial charge in [-0.05, 0) is 48.0 Å². The number of aliphatic hydroxyl groups excluding tert-OH is 6. The number of carbonyl (C=O) groups is 1. The molecule has 10 atom stereocenters. The molecule has 6 rings (SSSR count). The normalized spacial score (nSPS) is 27.7. The van der Waals surface area contributed by atoms with Gasteiger partial charge < -0.3 is 83.9 Å². The van der Waals surface area contributed by atoms with Crippen LogP contribution in [0.4, 0.5) is 0 Å². The fourth-order valence-corrected chi connectivity index (χ4v) is 6.45. The smallest absolute Gasteiger partial charge is 0.330 e. The van der Waals surface area contributed by atoms with E-state index in [0.717, 1.165) is 18.2 Å². The van der Waals surface area contributed by atoms with Crippen molar-refractivity contribution < 1.29 is 88.7 Å². The Hall–Kier alpha value is -5.48. The van der Waals surface area contributed by atoms with Crippen molar-refractivity contribution in [1.29, 1.82) is 0 Å². The first-order chi connectivity index (χ1) is 27.1. The van der Waals surface area contributed by atoms with Crippen LogP contribution < -0.4 is 14.9 Å². The first-order valence-electron chi connectivity index (χ1n) is 17.3. The Bertz CT molecular complexity index is 2140. The number of ether oxygens (including phenoxy) is 6. The second-order valence-electron chi connectivity index (χ2n) is 13.2. The average molecular weight is 801 g/mol. The minimum Gasteiger partial charge on any atom is -0.508 e. The maximum atomic E-state index is 13.2. The second kappa shape index (κ2) is 16.9. The molecular formula is C38H40O19. The van der Waals surface area contributed by atoms with Gasteiger partial charge in [0.15, 0.2) is 23.2 Å². The molecule has 19 heteroatoms. The van der Waals surface area contributed by atoms with Crippen molar-refractivity contribution in [2.45, 2.75) is 61.2 Å². The van der Waals surface area contributed by atoms with Crippen molar-refractivity contribution in [2.24, 2.45) is 0 Å². The van der Waals surface area contributed by atoms with Crippen LogP contribution in [0, 0.1) is 0 Å². The molecule has 19 nitrogen and oxygen atoms in total. The van der Waals surface area contributed by atoms with Crippen molar-refractivity contribution in [3.05, 3.63) is 76.0 Å². The highest BCUT2D eigenvalue weighted by Crippen LogP contribution is 2.45. The molecular weight excluding hydrogens is 760 g/mol. The maximum absolute atomic E-state index is 13.2. The molecule has 3 heterocycles. The minimum atomic E-state index is -1.98. The summed E-state index contributed by atoms with van der Waals surface area (Å²) in [6, 6.07) is 10.6. The van der Waals surface area contributed by atoms with Gasteiger partial charge in [-0.2, -0.15) is 0 Å². The fourth-order valence-electron chi connectivity index (χ4n) is 6.45. The van der Waals surface area contributed by atoms with Crippen LogP contribution in [-0.4, -0.2) is 140 Å². The lowest BCUT2D eigenvalue weighted by Crippen LogP contribution is -2.60. The predicted octanol–water partition coefficient (Wildman–Crippen LogP) is -0.0970. The highest BCUT2D eigenvalue weighted by atomic mass is 16.7. The van der Waals surface area contributed by atoms with Gasteiger partial charge in [0.25, 0.3) is 0 Å². The Balaban J connectivity index is 1.14. The molecule has 2 aliphatic rings. The summed E-state index contributed by atoms with van der Waals surface area (Å²) in [5, 5.41) is 106. The molecule has 2 saturated heterocycles. The summed E-state index contributed by atoms with van der Waals surface area (Å²) in [6.45, 7) is -1.37. The summed E-state index contributed by atoms with van der Waals surface area (Å²) < 4.78 is 38.0. The van der Waals surface area contributed by atoms with Crippen molar-refractivity contribution >= 4 is 23.0 Å². The molecule has 306 valence electrons. The first-order valence-corrected chi connectivity index (χ1v) is 17.3. The summed E-state index contributed by atoms with van der Waals surface area (Å²) in [6.07, 6.45) is -15.6. The molecule has 0 saturated carbocycles. The second-order valence-corrected chi connectivity index (χ2v) is 13.2. The average Bonchev–Trinajstić information content (AvgIpc) is 3.19. The summed E-state index contributed by atoms with van der Waals surface area (Å²) >= 11 is 0. The minimum absolute atomic E-state index is 0.0352. The molecule has 2 aliphatic heterocycles. The van der Waals surface area contributed by atoms with E-state index in [-0.39, 0.29) is 34.3 Å². The Morgan fingerprint density at radius 1 is 0.737 bits per heavy atom. The molecule has 0 radical (unpaired) electrons. The third-order valence-electron chi connectivity index (χ3n) is 9.56. The van der Waals surface area contributed by atoms with Gasteiger partial charge in [-0.1, -0.05) is 0 Å². The van der Waals surface area contributed by atoms with E-state index in [1.54, 1.807) is 0 Å². The monoisotopic (exact) mass is 800 g/mol. The summed E-state index contributed by atoms with van der Waals surface area (Å²) in [4.78, 5) is 25.7. The Kier molecular flexibility index (Phi) is 12.2. The Labute approximate surface area is 321 Å². The summed E-state index contributed by atoms with van der Waals surface area (Å²) in [7, 11) is 2.65. The number of phenolic OH excluding ortho intramolecular Hbond substituents is 4. The van der Waals surface area contributed by atoms with Gasteiger partial charge in [-0.3, -0.25) is 4.79 Å². The number of methoxy groups -OCH3 is 2. The Morgan fingerprint density at radius 3 is 1.98 bits per heavy atom. The quantitative estimate of drug-likeness (QED) is 0.0700.